The van der Waals surface area contributed by atoms with Crippen LogP contribution >= 0.6 is 0 Å². The van der Waals surface area contributed by atoms with Gasteiger partial charge in [-0.1, -0.05) is 40.5 Å². The van der Waals surface area contributed by atoms with Gasteiger partial charge in [-0.15, -0.1) is 0 Å². The molecule has 0 amide bonds. The second kappa shape index (κ2) is 8.60. The lowest BCUT2D eigenvalue weighted by Gasteiger charge is -2.43. The third kappa shape index (κ3) is 4.00. The normalized spacial score (nSPS) is 57.7. The summed E-state index contributed by atoms with van der Waals surface area (Å²) in [7, 11) is 0. The Balaban J connectivity index is 0.854. The molecular formula is C40H64O. The van der Waals surface area contributed by atoms with Crippen LogP contribution in [-0.4, -0.2) is 12.2 Å². The highest BCUT2D eigenvalue weighted by molar-refractivity contribution is 5.14. The standard InChI is InChI=1S/C40H64O/c1-34(2)24-37(27-40(34)10-5-6-11-40)12-9-28(20-37)19-35(3)13-15-38(25-35)21-29-17-30(32(38)18-29)22-36(4)14-16-39(26-36)23-31-7-8-33(39)41-31/h28-33H,5-27H2,1-4H3/t28?,29?,30?,31?,32?,33?,35-,36?,37?,38?,39?/m1/s1. The number of hydrogen-bond acceptors (Lipinski definition) is 1. The van der Waals surface area contributed by atoms with Crippen molar-refractivity contribution in [3.63, 3.8) is 0 Å². The molecule has 0 aromatic carbocycles. The molecule has 0 aromatic heterocycles. The van der Waals surface area contributed by atoms with Crippen LogP contribution in [0.25, 0.3) is 0 Å². The highest BCUT2D eigenvalue weighted by atomic mass is 16.5. The maximum atomic E-state index is 6.44. The summed E-state index contributed by atoms with van der Waals surface area (Å²) in [6.45, 7) is 10.8. The van der Waals surface area contributed by atoms with E-state index in [1.54, 1.807) is 96.3 Å². The van der Waals surface area contributed by atoms with E-state index in [4.69, 9.17) is 4.74 Å². The van der Waals surface area contributed by atoms with Crippen LogP contribution in [0.1, 0.15) is 175 Å². The van der Waals surface area contributed by atoms with Gasteiger partial charge in [0.1, 0.15) is 0 Å². The van der Waals surface area contributed by atoms with Crippen molar-refractivity contribution in [1.29, 1.82) is 0 Å². The fourth-order valence-corrected chi connectivity index (χ4v) is 16.6. The Bertz CT molecular complexity index is 1070. The van der Waals surface area contributed by atoms with Crippen LogP contribution in [0.5, 0.6) is 0 Å². The Hall–Kier alpha value is -0.0400. The topological polar surface area (TPSA) is 9.23 Å². The molecule has 7 saturated carbocycles. The lowest BCUT2D eigenvalue weighted by atomic mass is 9.61. The van der Waals surface area contributed by atoms with Crippen molar-refractivity contribution >= 4 is 0 Å². The SMILES string of the molecule is CC1(CC2CC3CC2C2(CC[C@](C)(CC4CCC5(C4)CC(C)(C)C4(CCCC4)C5)C2)C3)CCC2(CC3CCC2O3)C1. The van der Waals surface area contributed by atoms with E-state index in [9.17, 15) is 0 Å². The van der Waals surface area contributed by atoms with Crippen molar-refractivity contribution in [3.8, 4) is 0 Å². The van der Waals surface area contributed by atoms with Crippen LogP contribution in [-0.2, 0) is 4.74 Å². The molecule has 230 valence electrons. The molecule has 9 rings (SSSR count). The van der Waals surface area contributed by atoms with Gasteiger partial charge < -0.3 is 4.74 Å². The Morgan fingerprint density at radius 1 is 0.634 bits per heavy atom. The van der Waals surface area contributed by atoms with Crippen LogP contribution in [0.2, 0.25) is 0 Å². The van der Waals surface area contributed by atoms with Crippen LogP contribution in [0.15, 0.2) is 0 Å². The predicted octanol–water partition coefficient (Wildman–Crippen LogP) is 11.3. The molecule has 9 fully saturated rings. The second-order valence-electron chi connectivity index (χ2n) is 20.9. The van der Waals surface area contributed by atoms with E-state index >= 15 is 0 Å². The van der Waals surface area contributed by atoms with Crippen LogP contribution < -0.4 is 0 Å². The molecule has 4 bridgehead atoms. The van der Waals surface area contributed by atoms with E-state index in [1.165, 1.54) is 51.4 Å². The minimum absolute atomic E-state index is 0.587. The minimum Gasteiger partial charge on any atom is -0.374 e. The molecule has 7 aliphatic carbocycles. The highest BCUT2D eigenvalue weighted by Crippen LogP contribution is 2.74. The largest absolute Gasteiger partial charge is 0.374 e. The fourth-order valence-electron chi connectivity index (χ4n) is 16.6. The molecule has 0 aromatic rings. The van der Waals surface area contributed by atoms with Crippen molar-refractivity contribution in [2.45, 2.75) is 188 Å². The van der Waals surface area contributed by atoms with Crippen molar-refractivity contribution in [2.75, 3.05) is 0 Å². The first-order valence-electron chi connectivity index (χ1n) is 19.1. The number of fused-ring (bicyclic) bond motifs is 6. The quantitative estimate of drug-likeness (QED) is 0.332. The molecule has 10 unspecified atom stereocenters. The maximum Gasteiger partial charge on any atom is 0.0637 e. The zero-order chi connectivity index (χ0) is 27.9. The lowest BCUT2D eigenvalue weighted by molar-refractivity contribution is 0.0450. The molecule has 9 aliphatic rings. The summed E-state index contributed by atoms with van der Waals surface area (Å²) < 4.78 is 6.44. The first-order chi connectivity index (χ1) is 19.4. The van der Waals surface area contributed by atoms with Gasteiger partial charge >= 0.3 is 0 Å². The second-order valence-corrected chi connectivity index (χ2v) is 20.9. The van der Waals surface area contributed by atoms with E-state index < -0.39 is 0 Å². The van der Waals surface area contributed by atoms with Gasteiger partial charge in [0.05, 0.1) is 12.2 Å². The van der Waals surface area contributed by atoms with E-state index in [1.807, 2.05) is 0 Å². The molecule has 2 aliphatic heterocycles. The Kier molecular flexibility index (Phi) is 5.73. The first kappa shape index (κ1) is 27.3. The van der Waals surface area contributed by atoms with Crippen LogP contribution in [0, 0.1) is 61.6 Å². The smallest absolute Gasteiger partial charge is 0.0637 e. The number of rotatable bonds is 4. The number of ether oxygens (including phenoxy) is 1. The van der Waals surface area contributed by atoms with E-state index in [2.05, 4.69) is 27.7 Å². The van der Waals surface area contributed by atoms with E-state index in [0.29, 0.717) is 39.3 Å². The van der Waals surface area contributed by atoms with Gasteiger partial charge in [0, 0.05) is 0 Å². The molecule has 1 heteroatoms. The van der Waals surface area contributed by atoms with E-state index in [-0.39, 0.29) is 0 Å². The average molecular weight is 561 g/mol. The molecule has 2 heterocycles. The fraction of sp³-hybridized carbons (Fsp3) is 1.00. The van der Waals surface area contributed by atoms with Gasteiger partial charge in [-0.3, -0.25) is 0 Å². The first-order valence-corrected chi connectivity index (χ1v) is 19.1. The lowest BCUT2D eigenvalue weighted by Crippen LogP contribution is -2.35. The maximum absolute atomic E-state index is 6.44. The predicted molar refractivity (Wildman–Crippen MR) is 169 cm³/mol. The summed E-state index contributed by atoms with van der Waals surface area (Å²) in [6.07, 6.45) is 36.6. The molecule has 2 saturated heterocycles. The van der Waals surface area contributed by atoms with Crippen molar-refractivity contribution < 1.29 is 4.74 Å². The summed E-state index contributed by atoms with van der Waals surface area (Å²) >= 11 is 0. The minimum atomic E-state index is 0.587. The molecule has 1 nitrogen and oxygen atoms in total. The average Bonchev–Trinajstić information content (AvgIpc) is 3.73. The van der Waals surface area contributed by atoms with Gasteiger partial charge in [-0.2, -0.15) is 0 Å². The number of hydrogen-bond donors (Lipinski definition) is 0. The monoisotopic (exact) mass is 560 g/mol. The highest BCUT2D eigenvalue weighted by Gasteiger charge is 2.64. The molecule has 0 N–H and O–H groups in total. The van der Waals surface area contributed by atoms with Crippen molar-refractivity contribution in [2.24, 2.45) is 61.6 Å². The van der Waals surface area contributed by atoms with Crippen LogP contribution in [0.3, 0.4) is 0 Å². The van der Waals surface area contributed by atoms with Gasteiger partial charge in [0.15, 0.2) is 0 Å². The zero-order valence-corrected chi connectivity index (χ0v) is 27.6. The zero-order valence-electron chi connectivity index (χ0n) is 27.6. The van der Waals surface area contributed by atoms with Crippen molar-refractivity contribution in [1.82, 2.24) is 0 Å². The Morgan fingerprint density at radius 3 is 2.12 bits per heavy atom. The van der Waals surface area contributed by atoms with Gasteiger partial charge in [-0.05, 0) is 196 Å². The molecule has 4 spiro atoms. The summed E-state index contributed by atoms with van der Waals surface area (Å²) in [5, 5.41) is 0. The third-order valence-corrected chi connectivity index (χ3v) is 17.6. The molecule has 11 atom stereocenters. The Labute approximate surface area is 253 Å². The molecule has 0 radical (unpaired) electrons. The van der Waals surface area contributed by atoms with Gasteiger partial charge in [0.25, 0.3) is 0 Å². The van der Waals surface area contributed by atoms with Gasteiger partial charge in [-0.25, -0.2) is 0 Å². The third-order valence-electron chi connectivity index (χ3n) is 17.6. The van der Waals surface area contributed by atoms with Crippen molar-refractivity contribution in [3.05, 3.63) is 0 Å². The van der Waals surface area contributed by atoms with Crippen LogP contribution in [0.4, 0.5) is 0 Å². The summed E-state index contributed by atoms with van der Waals surface area (Å²) in [4.78, 5) is 0. The molecular weight excluding hydrogens is 496 g/mol. The van der Waals surface area contributed by atoms with Gasteiger partial charge in [0.2, 0.25) is 0 Å². The summed E-state index contributed by atoms with van der Waals surface area (Å²) in [5.74, 6) is 4.24. The Morgan fingerprint density at radius 2 is 1.39 bits per heavy atom. The molecule has 41 heavy (non-hydrogen) atoms. The summed E-state index contributed by atoms with van der Waals surface area (Å²) in [6, 6.07) is 0. The van der Waals surface area contributed by atoms with E-state index in [0.717, 1.165) is 34.5 Å². The summed E-state index contributed by atoms with van der Waals surface area (Å²) in [5.41, 5.74) is 4.61.